The number of hydrogen-bond acceptors (Lipinski definition) is 7. The average molecular weight is 597 g/mol. The molecule has 210 valence electrons. The summed E-state index contributed by atoms with van der Waals surface area (Å²) in [5.41, 5.74) is 2.03. The molecular weight excluding hydrogens is 575 g/mol. The molecule has 1 atom stereocenters. The van der Waals surface area contributed by atoms with Gasteiger partial charge in [0.15, 0.2) is 17.2 Å². The third kappa shape index (κ3) is 6.13. The Balaban J connectivity index is 1.42. The molecule has 2 aromatic heterocycles. The number of carbonyl (C=O) groups is 1. The second-order valence-electron chi connectivity index (χ2n) is 9.26. The minimum absolute atomic E-state index is 0.0415. The quantitative estimate of drug-likeness (QED) is 0.153. The third-order valence-corrected chi connectivity index (χ3v) is 7.02. The van der Waals surface area contributed by atoms with Crippen molar-refractivity contribution in [1.29, 1.82) is 0 Å². The van der Waals surface area contributed by atoms with E-state index in [-0.39, 0.29) is 12.5 Å². The number of ether oxygens (including phenoxy) is 1. The first-order valence-electron chi connectivity index (χ1n) is 12.3. The molecule has 40 heavy (non-hydrogen) atoms. The molecule has 8 nitrogen and oxygen atoms in total. The third-order valence-electron chi connectivity index (χ3n) is 6.39. The van der Waals surface area contributed by atoms with Crippen LogP contribution < -0.4 is 15.4 Å². The summed E-state index contributed by atoms with van der Waals surface area (Å²) in [7, 11) is 0. The van der Waals surface area contributed by atoms with Crippen LogP contribution in [0.4, 0.5) is 23.5 Å². The molecule has 5 rings (SSSR count). The van der Waals surface area contributed by atoms with E-state index in [9.17, 15) is 22.4 Å². The van der Waals surface area contributed by atoms with Crippen LogP contribution in [-0.4, -0.2) is 44.8 Å². The van der Waals surface area contributed by atoms with E-state index in [1.165, 1.54) is 6.07 Å². The fourth-order valence-electron chi connectivity index (χ4n) is 4.49. The van der Waals surface area contributed by atoms with Crippen LogP contribution in [0.25, 0.3) is 22.6 Å². The van der Waals surface area contributed by atoms with Gasteiger partial charge >= 0.3 is 12.1 Å². The molecule has 0 bridgehead atoms. The Bertz CT molecular complexity index is 1540. The van der Waals surface area contributed by atoms with E-state index in [2.05, 4.69) is 25.3 Å². The van der Waals surface area contributed by atoms with Crippen LogP contribution in [0.2, 0.25) is 10.0 Å². The van der Waals surface area contributed by atoms with E-state index in [4.69, 9.17) is 28.2 Å². The molecule has 0 saturated carbocycles. The van der Waals surface area contributed by atoms with Crippen LogP contribution in [0.3, 0.4) is 0 Å². The Morgan fingerprint density at radius 1 is 1.18 bits per heavy atom. The summed E-state index contributed by atoms with van der Waals surface area (Å²) in [5.74, 6) is -3.33. The van der Waals surface area contributed by atoms with Crippen molar-refractivity contribution < 1.29 is 27.1 Å². The van der Waals surface area contributed by atoms with E-state index in [0.717, 1.165) is 38.1 Å². The van der Waals surface area contributed by atoms with Gasteiger partial charge in [0.25, 0.3) is 0 Å². The summed E-state index contributed by atoms with van der Waals surface area (Å²) >= 11 is 13.0. The van der Waals surface area contributed by atoms with Crippen molar-refractivity contribution in [2.45, 2.75) is 32.1 Å². The lowest BCUT2D eigenvalue weighted by Crippen LogP contribution is -2.32. The normalized spacial score (nSPS) is 15.8. The first-order chi connectivity index (χ1) is 19.1. The van der Waals surface area contributed by atoms with Crippen molar-refractivity contribution in [3.8, 4) is 17.1 Å². The van der Waals surface area contributed by atoms with Gasteiger partial charge in [-0.2, -0.15) is 18.2 Å². The van der Waals surface area contributed by atoms with Gasteiger partial charge in [-0.05, 0) is 61.7 Å². The molecule has 1 fully saturated rings. The zero-order valence-electron chi connectivity index (χ0n) is 20.7. The zero-order chi connectivity index (χ0) is 28.4. The number of esters is 1. The second-order valence-corrected chi connectivity index (χ2v) is 10.1. The number of nitrogens with one attached hydrogen (secondary N) is 2. The van der Waals surface area contributed by atoms with Gasteiger partial charge in [-0.25, -0.2) is 19.2 Å². The summed E-state index contributed by atoms with van der Waals surface area (Å²) in [6, 6.07) is 8.47. The fraction of sp³-hybridized carbons (Fsp3) is 0.308. The maximum absolute atomic E-state index is 14.3. The van der Waals surface area contributed by atoms with Gasteiger partial charge in [0.1, 0.15) is 11.3 Å². The van der Waals surface area contributed by atoms with E-state index in [0.29, 0.717) is 50.6 Å². The number of imidazole rings is 1. The molecule has 0 radical (unpaired) electrons. The largest absolute Gasteiger partial charge is 0.491 e. The van der Waals surface area contributed by atoms with Crippen LogP contribution in [0.1, 0.15) is 18.4 Å². The summed E-state index contributed by atoms with van der Waals surface area (Å²) < 4.78 is 57.6. The highest BCUT2D eigenvalue weighted by Crippen LogP contribution is 2.36. The molecular formula is C26H22Cl2F4N6O2. The molecule has 4 aromatic rings. The van der Waals surface area contributed by atoms with Gasteiger partial charge in [0.05, 0.1) is 21.8 Å². The number of halogens is 6. The Hall–Kier alpha value is -3.48. The average Bonchev–Trinajstić information content (AvgIpc) is 3.25. The summed E-state index contributed by atoms with van der Waals surface area (Å²) in [6.45, 7) is 2.46. The van der Waals surface area contributed by atoms with Gasteiger partial charge in [0.2, 0.25) is 5.95 Å². The number of benzene rings is 2. The predicted octanol–water partition coefficient (Wildman–Crippen LogP) is 6.02. The zero-order valence-corrected chi connectivity index (χ0v) is 22.2. The van der Waals surface area contributed by atoms with Crippen LogP contribution >= 0.6 is 23.2 Å². The van der Waals surface area contributed by atoms with Gasteiger partial charge in [-0.1, -0.05) is 35.3 Å². The van der Waals surface area contributed by atoms with Crippen LogP contribution in [-0.2, 0) is 17.9 Å². The highest BCUT2D eigenvalue weighted by molar-refractivity contribution is 6.39. The van der Waals surface area contributed by atoms with Crippen LogP contribution in [0, 0.1) is 11.7 Å². The lowest BCUT2D eigenvalue weighted by Gasteiger charge is -2.24. The van der Waals surface area contributed by atoms with E-state index in [1.54, 1.807) is 24.4 Å². The number of piperidine rings is 1. The van der Waals surface area contributed by atoms with Crippen molar-refractivity contribution >= 4 is 46.3 Å². The Morgan fingerprint density at radius 3 is 2.62 bits per heavy atom. The molecule has 0 spiro atoms. The summed E-state index contributed by atoms with van der Waals surface area (Å²) in [6.07, 6.45) is -1.61. The van der Waals surface area contributed by atoms with Crippen molar-refractivity contribution in [2.24, 2.45) is 5.92 Å². The Kier molecular flexibility index (Phi) is 8.11. The highest BCUT2D eigenvalue weighted by atomic mass is 35.5. The van der Waals surface area contributed by atoms with E-state index in [1.807, 2.05) is 4.57 Å². The van der Waals surface area contributed by atoms with Crippen molar-refractivity contribution in [2.75, 3.05) is 18.4 Å². The number of alkyl halides is 3. The molecule has 3 heterocycles. The smallest absolute Gasteiger partial charge is 0.417 e. The minimum Gasteiger partial charge on any atom is -0.417 e. The number of hydrogen-bond donors (Lipinski definition) is 2. The second kappa shape index (κ2) is 11.6. The lowest BCUT2D eigenvalue weighted by molar-refractivity contribution is -0.189. The SMILES string of the molecule is O=C(Oc1ccc(CNc2ncc3nc(-c4c(Cl)cccc4Cl)n(C[C@@H]4CCCNC4)c3n2)cc1F)C(F)(F)F. The first kappa shape index (κ1) is 28.1. The molecule has 14 heteroatoms. The molecule has 1 aliphatic heterocycles. The van der Waals surface area contributed by atoms with Gasteiger partial charge in [-0.3, -0.25) is 0 Å². The Labute approximate surface area is 235 Å². The van der Waals surface area contributed by atoms with Gasteiger partial charge < -0.3 is 19.9 Å². The summed E-state index contributed by atoms with van der Waals surface area (Å²) in [5, 5.41) is 7.29. The molecule has 1 aliphatic rings. The number of aromatic nitrogens is 4. The minimum atomic E-state index is -5.24. The number of rotatable bonds is 7. The standard InChI is InChI=1S/C26H22Cl2F4N6O2/c27-16-4-1-5-17(28)21(16)23-36-19-12-35-25(37-22(19)38(23)13-15-3-2-8-33-10-15)34-11-14-6-7-20(18(29)9-14)40-24(39)26(30,31)32/h1,4-7,9,12,15,33H,2-3,8,10-11,13H2,(H,34,35,37)/t15-/m1/s1. The molecule has 0 amide bonds. The highest BCUT2D eigenvalue weighted by Gasteiger charge is 2.41. The van der Waals surface area contributed by atoms with E-state index < -0.39 is 23.7 Å². The topological polar surface area (TPSA) is 94.0 Å². The van der Waals surface area contributed by atoms with Gasteiger partial charge in [0, 0.05) is 13.1 Å². The predicted molar refractivity (Wildman–Crippen MR) is 142 cm³/mol. The number of carbonyl (C=O) groups excluding carboxylic acids is 1. The first-order valence-corrected chi connectivity index (χ1v) is 13.1. The van der Waals surface area contributed by atoms with Crippen molar-refractivity contribution in [3.05, 3.63) is 64.0 Å². The number of fused-ring (bicyclic) bond motifs is 1. The van der Waals surface area contributed by atoms with Gasteiger partial charge in [-0.15, -0.1) is 0 Å². The maximum atomic E-state index is 14.3. The number of anilines is 1. The molecule has 0 aliphatic carbocycles. The molecule has 2 N–H and O–H groups in total. The van der Waals surface area contributed by atoms with Crippen molar-refractivity contribution in [3.63, 3.8) is 0 Å². The Morgan fingerprint density at radius 2 is 1.95 bits per heavy atom. The van der Waals surface area contributed by atoms with Crippen LogP contribution in [0.5, 0.6) is 5.75 Å². The maximum Gasteiger partial charge on any atom is 0.491 e. The molecule has 2 aromatic carbocycles. The van der Waals surface area contributed by atoms with Crippen molar-refractivity contribution in [1.82, 2.24) is 24.8 Å². The lowest BCUT2D eigenvalue weighted by atomic mass is 9.99. The number of nitrogens with zero attached hydrogens (tertiary/aromatic N) is 4. The van der Waals surface area contributed by atoms with E-state index >= 15 is 0 Å². The molecule has 1 saturated heterocycles. The summed E-state index contributed by atoms with van der Waals surface area (Å²) in [4.78, 5) is 24.7. The monoisotopic (exact) mass is 596 g/mol. The molecule has 0 unspecified atom stereocenters. The fourth-order valence-corrected chi connectivity index (χ4v) is 5.06. The van der Waals surface area contributed by atoms with Crippen LogP contribution in [0.15, 0.2) is 42.6 Å².